The maximum Gasteiger partial charge on any atom is 0.264 e. The van der Waals surface area contributed by atoms with Crippen LogP contribution in [-0.2, 0) is 0 Å². The summed E-state index contributed by atoms with van der Waals surface area (Å²) in [6, 6.07) is 6.91. The number of nitrogens with zero attached hydrogens (tertiary/aromatic N) is 1. The molecule has 0 unspecified atom stereocenters. The monoisotopic (exact) mass is 280 g/mol. The zero-order valence-electron chi connectivity index (χ0n) is 10.5. The van der Waals surface area contributed by atoms with E-state index in [0.29, 0.717) is 5.69 Å². The largest absolute Gasteiger partial charge is 0.396 e. The molecule has 0 radical (unpaired) electrons. The van der Waals surface area contributed by atoms with Crippen LogP contribution in [0, 0.1) is 17.5 Å². The van der Waals surface area contributed by atoms with Crippen molar-refractivity contribution in [2.75, 3.05) is 17.7 Å². The summed E-state index contributed by atoms with van der Waals surface area (Å²) in [5, 5.41) is 0. The summed E-state index contributed by atoms with van der Waals surface area (Å²) in [6.07, 6.45) is 0. The number of benzene rings is 2. The Morgan fingerprint density at radius 3 is 2.25 bits per heavy atom. The zero-order valence-corrected chi connectivity index (χ0v) is 10.5. The fourth-order valence-electron chi connectivity index (χ4n) is 1.71. The molecule has 0 aliphatic heterocycles. The van der Waals surface area contributed by atoms with E-state index in [1.165, 1.54) is 19.2 Å². The summed E-state index contributed by atoms with van der Waals surface area (Å²) in [7, 11) is 1.33. The maximum atomic E-state index is 13.8. The Bertz CT molecular complexity index is 656. The van der Waals surface area contributed by atoms with Crippen molar-refractivity contribution in [3.8, 4) is 0 Å². The average Bonchev–Trinajstić information content (AvgIpc) is 2.43. The van der Waals surface area contributed by atoms with E-state index < -0.39 is 28.9 Å². The third-order valence-electron chi connectivity index (χ3n) is 2.85. The Labute approximate surface area is 113 Å². The highest BCUT2D eigenvalue weighted by Crippen LogP contribution is 2.22. The van der Waals surface area contributed by atoms with Crippen LogP contribution in [-0.4, -0.2) is 13.0 Å². The quantitative estimate of drug-likeness (QED) is 0.860. The number of carbonyl (C=O) groups is 1. The molecule has 2 aromatic rings. The standard InChI is InChI=1S/C14H11F3N2O/c1-19(9-4-2-8(15)3-5-9)14(20)12-10(16)6-7-11(18)13(12)17/h2-7H,18H2,1H3. The molecular formula is C14H11F3N2O. The first-order chi connectivity index (χ1) is 9.41. The topological polar surface area (TPSA) is 46.3 Å². The van der Waals surface area contributed by atoms with Gasteiger partial charge in [-0.2, -0.15) is 0 Å². The van der Waals surface area contributed by atoms with Gasteiger partial charge in [0.05, 0.1) is 5.69 Å². The molecule has 1 amide bonds. The predicted molar refractivity (Wildman–Crippen MR) is 69.9 cm³/mol. The molecule has 104 valence electrons. The molecule has 0 aromatic heterocycles. The van der Waals surface area contributed by atoms with Gasteiger partial charge in [-0.15, -0.1) is 0 Å². The summed E-state index contributed by atoms with van der Waals surface area (Å²) < 4.78 is 40.2. The van der Waals surface area contributed by atoms with Gasteiger partial charge in [0.15, 0.2) is 5.82 Å². The summed E-state index contributed by atoms with van der Waals surface area (Å²) in [4.78, 5) is 13.1. The van der Waals surface area contributed by atoms with Gasteiger partial charge in [-0.1, -0.05) is 0 Å². The second kappa shape index (κ2) is 5.24. The average molecular weight is 280 g/mol. The van der Waals surface area contributed by atoms with Gasteiger partial charge < -0.3 is 10.6 Å². The van der Waals surface area contributed by atoms with Crippen molar-refractivity contribution in [3.63, 3.8) is 0 Å². The Hall–Kier alpha value is -2.50. The summed E-state index contributed by atoms with van der Waals surface area (Å²) in [6.45, 7) is 0. The molecule has 0 aliphatic carbocycles. The first-order valence-corrected chi connectivity index (χ1v) is 5.69. The number of nitrogens with two attached hydrogens (primary N) is 1. The van der Waals surface area contributed by atoms with Gasteiger partial charge in [-0.05, 0) is 36.4 Å². The molecule has 2 aromatic carbocycles. The van der Waals surface area contributed by atoms with E-state index in [2.05, 4.69) is 0 Å². The third kappa shape index (κ3) is 2.45. The molecule has 2 rings (SSSR count). The van der Waals surface area contributed by atoms with E-state index in [1.807, 2.05) is 0 Å². The number of halogens is 3. The van der Waals surface area contributed by atoms with Gasteiger partial charge in [0.2, 0.25) is 0 Å². The Morgan fingerprint density at radius 2 is 1.65 bits per heavy atom. The minimum atomic E-state index is -1.11. The molecule has 0 bridgehead atoms. The van der Waals surface area contributed by atoms with Crippen LogP contribution in [0.3, 0.4) is 0 Å². The van der Waals surface area contributed by atoms with Gasteiger partial charge in [0.25, 0.3) is 5.91 Å². The molecule has 0 atom stereocenters. The van der Waals surface area contributed by atoms with Gasteiger partial charge in [-0.3, -0.25) is 4.79 Å². The number of hydrogen-bond donors (Lipinski definition) is 1. The van der Waals surface area contributed by atoms with Crippen LogP contribution in [0.4, 0.5) is 24.5 Å². The molecule has 0 spiro atoms. The van der Waals surface area contributed by atoms with Gasteiger partial charge in [0, 0.05) is 12.7 Å². The second-order valence-corrected chi connectivity index (χ2v) is 4.17. The Balaban J connectivity index is 2.41. The molecule has 20 heavy (non-hydrogen) atoms. The lowest BCUT2D eigenvalue weighted by Crippen LogP contribution is -2.28. The van der Waals surface area contributed by atoms with E-state index in [-0.39, 0.29) is 5.69 Å². The molecule has 0 aliphatic rings. The highest BCUT2D eigenvalue weighted by Gasteiger charge is 2.23. The zero-order chi connectivity index (χ0) is 14.9. The van der Waals surface area contributed by atoms with Crippen molar-refractivity contribution in [2.24, 2.45) is 0 Å². The van der Waals surface area contributed by atoms with Crippen molar-refractivity contribution in [1.82, 2.24) is 0 Å². The first kappa shape index (κ1) is 13.9. The lowest BCUT2D eigenvalue weighted by atomic mass is 10.1. The molecule has 0 heterocycles. The third-order valence-corrected chi connectivity index (χ3v) is 2.85. The van der Waals surface area contributed by atoms with E-state index in [0.717, 1.165) is 29.2 Å². The van der Waals surface area contributed by atoms with Crippen LogP contribution in [0.2, 0.25) is 0 Å². The number of carbonyl (C=O) groups excluding carboxylic acids is 1. The number of amides is 1. The molecule has 2 N–H and O–H groups in total. The highest BCUT2D eigenvalue weighted by atomic mass is 19.1. The summed E-state index contributed by atoms with van der Waals surface area (Å²) in [5.74, 6) is -3.49. The maximum absolute atomic E-state index is 13.8. The lowest BCUT2D eigenvalue weighted by molar-refractivity contribution is 0.0985. The van der Waals surface area contributed by atoms with E-state index >= 15 is 0 Å². The molecule has 0 saturated heterocycles. The van der Waals surface area contributed by atoms with Crippen LogP contribution in [0.25, 0.3) is 0 Å². The number of anilines is 2. The van der Waals surface area contributed by atoms with Crippen molar-refractivity contribution in [2.45, 2.75) is 0 Å². The van der Waals surface area contributed by atoms with Crippen molar-refractivity contribution >= 4 is 17.3 Å². The van der Waals surface area contributed by atoms with Gasteiger partial charge in [0.1, 0.15) is 17.2 Å². The normalized spacial score (nSPS) is 10.4. The highest BCUT2D eigenvalue weighted by molar-refractivity contribution is 6.06. The SMILES string of the molecule is CN(C(=O)c1c(F)ccc(N)c1F)c1ccc(F)cc1. The van der Waals surface area contributed by atoms with Crippen molar-refractivity contribution in [3.05, 3.63) is 59.4 Å². The number of nitrogen functional groups attached to an aromatic ring is 1. The number of rotatable bonds is 2. The molecule has 3 nitrogen and oxygen atoms in total. The van der Waals surface area contributed by atoms with Crippen LogP contribution >= 0.6 is 0 Å². The van der Waals surface area contributed by atoms with Gasteiger partial charge in [-0.25, -0.2) is 13.2 Å². The fourth-order valence-corrected chi connectivity index (χ4v) is 1.71. The van der Waals surface area contributed by atoms with Crippen LogP contribution in [0.15, 0.2) is 36.4 Å². The fraction of sp³-hybridized carbons (Fsp3) is 0.0714. The van der Waals surface area contributed by atoms with Crippen LogP contribution in [0.5, 0.6) is 0 Å². The second-order valence-electron chi connectivity index (χ2n) is 4.17. The molecule has 0 saturated carbocycles. The lowest BCUT2D eigenvalue weighted by Gasteiger charge is -2.18. The van der Waals surface area contributed by atoms with Crippen LogP contribution < -0.4 is 10.6 Å². The minimum Gasteiger partial charge on any atom is -0.396 e. The number of hydrogen-bond acceptors (Lipinski definition) is 2. The van der Waals surface area contributed by atoms with Gasteiger partial charge >= 0.3 is 0 Å². The van der Waals surface area contributed by atoms with E-state index in [4.69, 9.17) is 5.73 Å². The Kier molecular flexibility index (Phi) is 3.65. The Morgan fingerprint density at radius 1 is 1.05 bits per heavy atom. The van der Waals surface area contributed by atoms with Crippen molar-refractivity contribution < 1.29 is 18.0 Å². The van der Waals surface area contributed by atoms with E-state index in [1.54, 1.807) is 0 Å². The summed E-state index contributed by atoms with van der Waals surface area (Å²) >= 11 is 0. The summed E-state index contributed by atoms with van der Waals surface area (Å²) in [5.41, 5.74) is 4.57. The van der Waals surface area contributed by atoms with E-state index in [9.17, 15) is 18.0 Å². The van der Waals surface area contributed by atoms with Crippen LogP contribution in [0.1, 0.15) is 10.4 Å². The molecule has 6 heteroatoms. The molecular weight excluding hydrogens is 269 g/mol. The minimum absolute atomic E-state index is 0.303. The molecule has 0 fully saturated rings. The predicted octanol–water partition coefficient (Wildman–Crippen LogP) is 2.96. The smallest absolute Gasteiger partial charge is 0.264 e. The van der Waals surface area contributed by atoms with Crippen molar-refractivity contribution in [1.29, 1.82) is 0 Å². The first-order valence-electron chi connectivity index (χ1n) is 5.69.